The molecule has 19 heavy (non-hydrogen) atoms. The van der Waals surface area contributed by atoms with Gasteiger partial charge in [-0.2, -0.15) is 0 Å². The Labute approximate surface area is 111 Å². The van der Waals surface area contributed by atoms with Crippen molar-refractivity contribution in [3.8, 4) is 0 Å². The van der Waals surface area contributed by atoms with Gasteiger partial charge in [-0.25, -0.2) is 8.78 Å². The Hall–Kier alpha value is -1.49. The molecule has 0 radical (unpaired) electrons. The zero-order chi connectivity index (χ0) is 13.8. The second-order valence-corrected chi connectivity index (χ2v) is 4.81. The van der Waals surface area contributed by atoms with Crippen LogP contribution in [0.5, 0.6) is 0 Å². The largest absolute Gasteiger partial charge is 0.469 e. The molecule has 0 spiro atoms. The molecule has 104 valence electrons. The van der Waals surface area contributed by atoms with Gasteiger partial charge in [0.15, 0.2) is 11.6 Å². The van der Waals surface area contributed by atoms with Crippen LogP contribution >= 0.6 is 0 Å². The third-order valence-electron chi connectivity index (χ3n) is 3.47. The molecular formula is C14H17F2NO2. The molecule has 1 atom stereocenters. The average molecular weight is 269 g/mol. The lowest BCUT2D eigenvalue weighted by atomic mass is 9.97. The van der Waals surface area contributed by atoms with Crippen molar-refractivity contribution in [2.75, 3.05) is 20.2 Å². The number of esters is 1. The first-order chi connectivity index (χ1) is 9.11. The second kappa shape index (κ2) is 6.10. The lowest BCUT2D eigenvalue weighted by Crippen LogP contribution is -2.38. The van der Waals surface area contributed by atoms with Crippen molar-refractivity contribution in [3.05, 3.63) is 35.4 Å². The van der Waals surface area contributed by atoms with Gasteiger partial charge < -0.3 is 4.74 Å². The monoisotopic (exact) mass is 269 g/mol. The van der Waals surface area contributed by atoms with E-state index in [9.17, 15) is 13.6 Å². The van der Waals surface area contributed by atoms with E-state index in [2.05, 4.69) is 0 Å². The molecule has 1 aromatic rings. The van der Waals surface area contributed by atoms with E-state index in [0.29, 0.717) is 18.7 Å². The van der Waals surface area contributed by atoms with Crippen molar-refractivity contribution >= 4 is 5.97 Å². The minimum Gasteiger partial charge on any atom is -0.469 e. The fourth-order valence-electron chi connectivity index (χ4n) is 2.47. The Bertz CT molecular complexity index is 465. The number of carbonyl (C=O) groups is 1. The van der Waals surface area contributed by atoms with Gasteiger partial charge in [-0.05, 0) is 25.5 Å². The molecule has 0 amide bonds. The van der Waals surface area contributed by atoms with Crippen LogP contribution in [-0.2, 0) is 16.1 Å². The van der Waals surface area contributed by atoms with Crippen molar-refractivity contribution < 1.29 is 18.3 Å². The highest BCUT2D eigenvalue weighted by atomic mass is 19.2. The van der Waals surface area contributed by atoms with E-state index in [1.165, 1.54) is 13.2 Å². The lowest BCUT2D eigenvalue weighted by molar-refractivity contribution is -0.147. The quantitative estimate of drug-likeness (QED) is 0.789. The average Bonchev–Trinajstić information content (AvgIpc) is 2.43. The number of hydrogen-bond acceptors (Lipinski definition) is 3. The first-order valence-electron chi connectivity index (χ1n) is 6.35. The Balaban J connectivity index is 2.03. The van der Waals surface area contributed by atoms with Gasteiger partial charge >= 0.3 is 5.97 Å². The number of halogens is 2. The number of nitrogens with zero attached hydrogens (tertiary/aromatic N) is 1. The van der Waals surface area contributed by atoms with Crippen molar-refractivity contribution in [2.45, 2.75) is 19.4 Å². The summed E-state index contributed by atoms with van der Waals surface area (Å²) >= 11 is 0. The molecule has 1 saturated heterocycles. The Morgan fingerprint density at radius 3 is 3.00 bits per heavy atom. The molecule has 0 aliphatic carbocycles. The highest BCUT2D eigenvalue weighted by molar-refractivity contribution is 5.72. The van der Waals surface area contributed by atoms with Gasteiger partial charge in [-0.3, -0.25) is 9.69 Å². The summed E-state index contributed by atoms with van der Waals surface area (Å²) in [6.07, 6.45) is 1.64. The van der Waals surface area contributed by atoms with Gasteiger partial charge in [0, 0.05) is 18.7 Å². The first kappa shape index (κ1) is 13.9. The molecule has 0 N–H and O–H groups in total. The van der Waals surface area contributed by atoms with E-state index in [4.69, 9.17) is 4.74 Å². The molecule has 3 nitrogen and oxygen atoms in total. The molecule has 0 aromatic heterocycles. The summed E-state index contributed by atoms with van der Waals surface area (Å²) in [7, 11) is 1.37. The molecule has 2 rings (SSSR count). The predicted molar refractivity (Wildman–Crippen MR) is 66.4 cm³/mol. The predicted octanol–water partition coefficient (Wildman–Crippen LogP) is 2.35. The smallest absolute Gasteiger partial charge is 0.309 e. The number of piperidine rings is 1. The fourth-order valence-corrected chi connectivity index (χ4v) is 2.47. The van der Waals surface area contributed by atoms with Crippen LogP contribution in [0.3, 0.4) is 0 Å². The molecule has 1 aromatic carbocycles. The van der Waals surface area contributed by atoms with Crippen molar-refractivity contribution in [1.82, 2.24) is 4.90 Å². The van der Waals surface area contributed by atoms with Gasteiger partial charge in [0.05, 0.1) is 13.0 Å². The van der Waals surface area contributed by atoms with Crippen LogP contribution in [0.25, 0.3) is 0 Å². The van der Waals surface area contributed by atoms with Crippen molar-refractivity contribution in [1.29, 1.82) is 0 Å². The topological polar surface area (TPSA) is 29.5 Å². The standard InChI is InChI=1S/C14H17F2NO2/c1-19-14(18)11-5-3-7-17(9-11)8-10-4-2-6-12(15)13(10)16/h2,4,6,11H,3,5,7-9H2,1H3. The summed E-state index contributed by atoms with van der Waals surface area (Å²) < 4.78 is 31.4. The number of methoxy groups -OCH3 is 1. The third-order valence-corrected chi connectivity index (χ3v) is 3.47. The number of hydrogen-bond donors (Lipinski definition) is 0. The van der Waals surface area contributed by atoms with Crippen LogP contribution in [0.15, 0.2) is 18.2 Å². The number of rotatable bonds is 3. The van der Waals surface area contributed by atoms with Gasteiger partial charge in [0.1, 0.15) is 0 Å². The van der Waals surface area contributed by atoms with Gasteiger partial charge in [-0.15, -0.1) is 0 Å². The van der Waals surface area contributed by atoms with Crippen molar-refractivity contribution in [3.63, 3.8) is 0 Å². The minimum absolute atomic E-state index is 0.171. The van der Waals surface area contributed by atoms with Crippen LogP contribution in [0, 0.1) is 17.6 Å². The highest BCUT2D eigenvalue weighted by Gasteiger charge is 2.26. The molecule has 1 fully saturated rings. The summed E-state index contributed by atoms with van der Waals surface area (Å²) in [4.78, 5) is 13.5. The SMILES string of the molecule is COC(=O)C1CCCN(Cc2cccc(F)c2F)C1. The summed E-state index contributed by atoms with van der Waals surface area (Å²) in [5, 5.41) is 0. The number of likely N-dealkylation sites (tertiary alicyclic amines) is 1. The molecule has 1 aliphatic rings. The summed E-state index contributed by atoms with van der Waals surface area (Å²) in [5.41, 5.74) is 0.325. The van der Waals surface area contributed by atoms with Crippen LogP contribution in [0.2, 0.25) is 0 Å². The normalized spacial score (nSPS) is 20.3. The number of benzene rings is 1. The molecular weight excluding hydrogens is 252 g/mol. The molecule has 0 saturated carbocycles. The van der Waals surface area contributed by atoms with E-state index < -0.39 is 11.6 Å². The lowest BCUT2D eigenvalue weighted by Gasteiger charge is -2.31. The first-order valence-corrected chi connectivity index (χ1v) is 6.35. The van der Waals surface area contributed by atoms with Crippen LogP contribution < -0.4 is 0 Å². The van der Waals surface area contributed by atoms with Gasteiger partial charge in [0.25, 0.3) is 0 Å². The van der Waals surface area contributed by atoms with E-state index >= 15 is 0 Å². The maximum absolute atomic E-state index is 13.6. The maximum atomic E-state index is 13.6. The Morgan fingerprint density at radius 2 is 2.26 bits per heavy atom. The Morgan fingerprint density at radius 1 is 1.47 bits per heavy atom. The van der Waals surface area contributed by atoms with Gasteiger partial charge in [-0.1, -0.05) is 12.1 Å². The van der Waals surface area contributed by atoms with Crippen LogP contribution in [-0.4, -0.2) is 31.1 Å². The summed E-state index contributed by atoms with van der Waals surface area (Å²) in [5.74, 6) is -2.04. The molecule has 1 unspecified atom stereocenters. The molecule has 0 bridgehead atoms. The second-order valence-electron chi connectivity index (χ2n) is 4.81. The van der Waals surface area contributed by atoms with Crippen molar-refractivity contribution in [2.24, 2.45) is 5.92 Å². The van der Waals surface area contributed by atoms with E-state index in [1.807, 2.05) is 4.90 Å². The molecule has 1 heterocycles. The van der Waals surface area contributed by atoms with Crippen LogP contribution in [0.1, 0.15) is 18.4 Å². The maximum Gasteiger partial charge on any atom is 0.309 e. The van der Waals surface area contributed by atoms with E-state index in [0.717, 1.165) is 25.5 Å². The van der Waals surface area contributed by atoms with Crippen LogP contribution in [0.4, 0.5) is 8.78 Å². The third kappa shape index (κ3) is 3.29. The summed E-state index contributed by atoms with van der Waals surface area (Å²) in [6, 6.07) is 4.17. The zero-order valence-corrected chi connectivity index (χ0v) is 10.9. The van der Waals surface area contributed by atoms with E-state index in [1.54, 1.807) is 6.07 Å². The number of ether oxygens (including phenoxy) is 1. The Kier molecular flexibility index (Phi) is 4.47. The van der Waals surface area contributed by atoms with E-state index in [-0.39, 0.29) is 11.9 Å². The summed E-state index contributed by atoms with van der Waals surface area (Å²) in [6.45, 7) is 1.63. The molecule has 5 heteroatoms. The number of carbonyl (C=O) groups excluding carboxylic acids is 1. The molecule has 1 aliphatic heterocycles. The van der Waals surface area contributed by atoms with Gasteiger partial charge in [0.2, 0.25) is 0 Å². The fraction of sp³-hybridized carbons (Fsp3) is 0.500. The zero-order valence-electron chi connectivity index (χ0n) is 10.9. The highest BCUT2D eigenvalue weighted by Crippen LogP contribution is 2.21. The minimum atomic E-state index is -0.834.